The van der Waals surface area contributed by atoms with Gasteiger partial charge in [0.05, 0.1) is 6.61 Å². The third-order valence-electron chi connectivity index (χ3n) is 2.56. The highest BCUT2D eigenvalue weighted by Gasteiger charge is 2.08. The van der Waals surface area contributed by atoms with Crippen molar-refractivity contribution in [2.75, 3.05) is 11.9 Å². The van der Waals surface area contributed by atoms with E-state index in [1.807, 2.05) is 30.1 Å². The molecule has 0 amide bonds. The normalized spacial score (nSPS) is 10.2. The number of aliphatic hydroxyl groups is 1. The molecule has 17 heavy (non-hydrogen) atoms. The molecule has 2 rings (SSSR count). The van der Waals surface area contributed by atoms with Crippen LogP contribution in [-0.4, -0.2) is 22.1 Å². The molecule has 0 fully saturated rings. The van der Waals surface area contributed by atoms with Gasteiger partial charge < -0.3 is 10.0 Å². The molecule has 0 atom stereocenters. The molecular formula is C13H15N3O. The van der Waals surface area contributed by atoms with E-state index in [4.69, 9.17) is 0 Å². The molecule has 0 spiro atoms. The summed E-state index contributed by atoms with van der Waals surface area (Å²) in [5, 5.41) is 9.23. The first-order valence-corrected chi connectivity index (χ1v) is 5.46. The van der Waals surface area contributed by atoms with Crippen molar-refractivity contribution in [3.05, 3.63) is 54.0 Å². The van der Waals surface area contributed by atoms with Gasteiger partial charge in [-0.15, -0.1) is 0 Å². The topological polar surface area (TPSA) is 49.2 Å². The van der Waals surface area contributed by atoms with Crippen LogP contribution in [0.4, 0.5) is 5.82 Å². The van der Waals surface area contributed by atoms with E-state index in [1.54, 1.807) is 6.20 Å². The van der Waals surface area contributed by atoms with Crippen LogP contribution in [-0.2, 0) is 13.2 Å². The molecule has 1 aromatic heterocycles. The number of benzene rings is 1. The quantitative estimate of drug-likeness (QED) is 0.865. The number of aromatic nitrogens is 2. The lowest BCUT2D eigenvalue weighted by Gasteiger charge is -2.20. The maximum atomic E-state index is 9.23. The van der Waals surface area contributed by atoms with Gasteiger partial charge in [0, 0.05) is 25.4 Å². The Morgan fingerprint density at radius 2 is 2.00 bits per heavy atom. The molecule has 0 bridgehead atoms. The molecule has 0 saturated heterocycles. The zero-order chi connectivity index (χ0) is 12.1. The average molecular weight is 229 g/mol. The Balaban J connectivity index is 2.17. The van der Waals surface area contributed by atoms with Crippen LogP contribution in [0, 0.1) is 0 Å². The van der Waals surface area contributed by atoms with Crippen LogP contribution in [0.3, 0.4) is 0 Å². The lowest BCUT2D eigenvalue weighted by atomic mass is 10.2. The molecule has 88 valence electrons. The molecule has 4 nitrogen and oxygen atoms in total. The highest BCUT2D eigenvalue weighted by atomic mass is 16.3. The van der Waals surface area contributed by atoms with Crippen LogP contribution in [0.1, 0.15) is 11.1 Å². The Hall–Kier alpha value is -1.94. The lowest BCUT2D eigenvalue weighted by molar-refractivity contribution is 0.281. The third-order valence-corrected chi connectivity index (χ3v) is 2.56. The SMILES string of the molecule is CN(Cc1ccccc1)c1ncncc1CO. The van der Waals surface area contributed by atoms with Crippen LogP contribution in [0.25, 0.3) is 0 Å². The molecule has 2 aromatic rings. The van der Waals surface area contributed by atoms with Crippen LogP contribution in [0.5, 0.6) is 0 Å². The zero-order valence-corrected chi connectivity index (χ0v) is 9.74. The molecule has 0 aliphatic rings. The second-order valence-corrected chi connectivity index (χ2v) is 3.87. The lowest BCUT2D eigenvalue weighted by Crippen LogP contribution is -2.19. The van der Waals surface area contributed by atoms with Gasteiger partial charge in [0.25, 0.3) is 0 Å². The molecule has 0 aliphatic heterocycles. The predicted octanol–water partition coefficient (Wildman–Crippen LogP) is 1.61. The minimum atomic E-state index is -0.0463. The Bertz CT molecular complexity index is 473. The summed E-state index contributed by atoms with van der Waals surface area (Å²) in [6, 6.07) is 10.1. The molecule has 0 aliphatic carbocycles. The summed E-state index contributed by atoms with van der Waals surface area (Å²) >= 11 is 0. The fourth-order valence-corrected chi connectivity index (χ4v) is 1.74. The molecule has 0 radical (unpaired) electrons. The largest absolute Gasteiger partial charge is 0.391 e. The predicted molar refractivity (Wildman–Crippen MR) is 66.5 cm³/mol. The molecular weight excluding hydrogens is 214 g/mol. The molecule has 0 saturated carbocycles. The Morgan fingerprint density at radius 3 is 2.71 bits per heavy atom. The smallest absolute Gasteiger partial charge is 0.137 e. The number of anilines is 1. The van der Waals surface area contributed by atoms with Gasteiger partial charge in [0.1, 0.15) is 12.1 Å². The van der Waals surface area contributed by atoms with E-state index in [1.165, 1.54) is 11.9 Å². The first-order chi connectivity index (χ1) is 8.31. The number of hydrogen-bond donors (Lipinski definition) is 1. The Morgan fingerprint density at radius 1 is 1.24 bits per heavy atom. The second kappa shape index (κ2) is 5.41. The van der Waals surface area contributed by atoms with Crippen molar-refractivity contribution in [2.24, 2.45) is 0 Å². The summed E-state index contributed by atoms with van der Waals surface area (Å²) in [6.07, 6.45) is 3.14. The van der Waals surface area contributed by atoms with Gasteiger partial charge in [-0.2, -0.15) is 0 Å². The molecule has 1 heterocycles. The fourth-order valence-electron chi connectivity index (χ4n) is 1.74. The summed E-state index contributed by atoms with van der Waals surface area (Å²) in [6.45, 7) is 0.708. The van der Waals surface area contributed by atoms with E-state index >= 15 is 0 Å². The van der Waals surface area contributed by atoms with Gasteiger partial charge in [-0.3, -0.25) is 0 Å². The fraction of sp³-hybridized carbons (Fsp3) is 0.231. The van der Waals surface area contributed by atoms with Crippen LogP contribution >= 0.6 is 0 Å². The van der Waals surface area contributed by atoms with Crippen molar-refractivity contribution in [3.8, 4) is 0 Å². The summed E-state index contributed by atoms with van der Waals surface area (Å²) in [7, 11) is 1.95. The van der Waals surface area contributed by atoms with E-state index in [9.17, 15) is 5.11 Å². The summed E-state index contributed by atoms with van der Waals surface area (Å²) in [5.41, 5.74) is 1.95. The van der Waals surface area contributed by atoms with Gasteiger partial charge >= 0.3 is 0 Å². The van der Waals surface area contributed by atoms with Gasteiger partial charge in [-0.1, -0.05) is 30.3 Å². The highest BCUT2D eigenvalue weighted by Crippen LogP contribution is 2.16. The molecule has 4 heteroatoms. The van der Waals surface area contributed by atoms with E-state index in [0.717, 1.165) is 17.9 Å². The van der Waals surface area contributed by atoms with Crippen molar-refractivity contribution in [1.82, 2.24) is 9.97 Å². The minimum absolute atomic E-state index is 0.0463. The number of aliphatic hydroxyl groups excluding tert-OH is 1. The average Bonchev–Trinajstić information content (AvgIpc) is 2.40. The zero-order valence-electron chi connectivity index (χ0n) is 9.74. The minimum Gasteiger partial charge on any atom is -0.391 e. The summed E-state index contributed by atoms with van der Waals surface area (Å²) < 4.78 is 0. The maximum absolute atomic E-state index is 9.23. The highest BCUT2D eigenvalue weighted by molar-refractivity contribution is 5.44. The molecule has 1 N–H and O–H groups in total. The Kier molecular flexibility index (Phi) is 3.67. The number of nitrogens with zero attached hydrogens (tertiary/aromatic N) is 3. The van der Waals surface area contributed by atoms with E-state index in [2.05, 4.69) is 22.1 Å². The first-order valence-electron chi connectivity index (χ1n) is 5.46. The van der Waals surface area contributed by atoms with Crippen molar-refractivity contribution >= 4 is 5.82 Å². The van der Waals surface area contributed by atoms with E-state index in [-0.39, 0.29) is 6.61 Å². The Labute approximate surface area is 101 Å². The van der Waals surface area contributed by atoms with E-state index < -0.39 is 0 Å². The van der Waals surface area contributed by atoms with Crippen molar-refractivity contribution in [3.63, 3.8) is 0 Å². The first kappa shape index (κ1) is 11.5. The van der Waals surface area contributed by atoms with Gasteiger partial charge in [-0.25, -0.2) is 9.97 Å². The van der Waals surface area contributed by atoms with Gasteiger partial charge in [-0.05, 0) is 5.56 Å². The van der Waals surface area contributed by atoms with Gasteiger partial charge in [0.2, 0.25) is 0 Å². The van der Waals surface area contributed by atoms with Crippen molar-refractivity contribution in [1.29, 1.82) is 0 Å². The molecule has 1 aromatic carbocycles. The monoisotopic (exact) mass is 229 g/mol. The van der Waals surface area contributed by atoms with Crippen molar-refractivity contribution < 1.29 is 5.11 Å². The van der Waals surface area contributed by atoms with Crippen LogP contribution in [0.2, 0.25) is 0 Å². The van der Waals surface area contributed by atoms with Crippen LogP contribution in [0.15, 0.2) is 42.9 Å². The number of hydrogen-bond acceptors (Lipinski definition) is 4. The van der Waals surface area contributed by atoms with Crippen LogP contribution < -0.4 is 4.90 Å². The maximum Gasteiger partial charge on any atom is 0.137 e. The third kappa shape index (κ3) is 2.79. The van der Waals surface area contributed by atoms with E-state index in [0.29, 0.717) is 0 Å². The number of rotatable bonds is 4. The second-order valence-electron chi connectivity index (χ2n) is 3.87. The summed E-state index contributed by atoms with van der Waals surface area (Å²) in [4.78, 5) is 10.1. The summed E-state index contributed by atoms with van der Waals surface area (Å²) in [5.74, 6) is 0.770. The van der Waals surface area contributed by atoms with Gasteiger partial charge in [0.15, 0.2) is 0 Å². The molecule has 0 unspecified atom stereocenters. The van der Waals surface area contributed by atoms with Crippen molar-refractivity contribution in [2.45, 2.75) is 13.2 Å². The standard InChI is InChI=1S/C13H15N3O/c1-16(8-11-5-3-2-4-6-11)13-12(9-17)7-14-10-15-13/h2-7,10,17H,8-9H2,1H3.